The number of carboxylic acids is 1. The van der Waals surface area contributed by atoms with E-state index in [1.54, 1.807) is 0 Å². The molecule has 0 aromatic heterocycles. The third-order valence-corrected chi connectivity index (χ3v) is 5.70. The van der Waals surface area contributed by atoms with E-state index in [9.17, 15) is 14.7 Å². The fraction of sp³-hybridized carbons (Fsp3) is 0.619. The van der Waals surface area contributed by atoms with Crippen molar-refractivity contribution in [2.24, 2.45) is 11.8 Å². The van der Waals surface area contributed by atoms with Crippen molar-refractivity contribution < 1.29 is 14.7 Å². The van der Waals surface area contributed by atoms with Crippen LogP contribution in [-0.4, -0.2) is 41.5 Å². The molecule has 1 saturated heterocycles. The summed E-state index contributed by atoms with van der Waals surface area (Å²) in [5.74, 6) is -0.863. The normalized spacial score (nSPS) is 24.5. The SMILES string of the molecule is CC1CC(C(=O)O)CN(CC(=O)NC(C)c2ccc3c(c2)CCCC3)C1. The summed E-state index contributed by atoms with van der Waals surface area (Å²) in [5, 5.41) is 12.4. The number of carbonyl (C=O) groups excluding carboxylic acids is 1. The highest BCUT2D eigenvalue weighted by atomic mass is 16.4. The third-order valence-electron chi connectivity index (χ3n) is 5.70. The smallest absolute Gasteiger partial charge is 0.307 e. The van der Waals surface area contributed by atoms with Crippen LogP contribution in [0.4, 0.5) is 0 Å². The van der Waals surface area contributed by atoms with Gasteiger partial charge in [0.05, 0.1) is 18.5 Å². The van der Waals surface area contributed by atoms with Gasteiger partial charge in [0.2, 0.25) is 5.91 Å². The van der Waals surface area contributed by atoms with Crippen molar-refractivity contribution in [3.8, 4) is 0 Å². The number of amides is 1. The zero-order valence-electron chi connectivity index (χ0n) is 15.8. The van der Waals surface area contributed by atoms with Crippen LogP contribution in [0.2, 0.25) is 0 Å². The third kappa shape index (κ3) is 4.64. The number of hydrogen-bond donors (Lipinski definition) is 2. The second kappa shape index (κ2) is 8.21. The van der Waals surface area contributed by atoms with Crippen LogP contribution >= 0.6 is 0 Å². The Hall–Kier alpha value is -1.88. The Morgan fingerprint density at radius 3 is 2.69 bits per heavy atom. The highest BCUT2D eigenvalue weighted by Gasteiger charge is 2.30. The lowest BCUT2D eigenvalue weighted by atomic mass is 9.89. The molecule has 0 spiro atoms. The van der Waals surface area contributed by atoms with Crippen LogP contribution in [0, 0.1) is 11.8 Å². The summed E-state index contributed by atoms with van der Waals surface area (Å²) in [6, 6.07) is 6.53. The molecule has 2 aliphatic rings. The molecule has 5 nitrogen and oxygen atoms in total. The van der Waals surface area contributed by atoms with Crippen LogP contribution < -0.4 is 5.32 Å². The second-order valence-corrected chi connectivity index (χ2v) is 8.09. The van der Waals surface area contributed by atoms with E-state index >= 15 is 0 Å². The molecule has 1 aliphatic heterocycles. The standard InChI is InChI=1S/C21H30N2O3/c1-14-9-19(21(25)26)12-23(11-14)13-20(24)22-15(2)17-8-7-16-5-3-4-6-18(16)10-17/h7-8,10,14-15,19H,3-6,9,11-13H2,1-2H3,(H,22,24)(H,25,26). The van der Waals surface area contributed by atoms with Crippen molar-refractivity contribution in [2.75, 3.05) is 19.6 Å². The van der Waals surface area contributed by atoms with Crippen molar-refractivity contribution in [1.29, 1.82) is 0 Å². The number of carbonyl (C=O) groups is 2. The first-order valence-electron chi connectivity index (χ1n) is 9.78. The first-order valence-corrected chi connectivity index (χ1v) is 9.78. The predicted molar refractivity (Wildman–Crippen MR) is 101 cm³/mol. The van der Waals surface area contributed by atoms with E-state index in [0.29, 0.717) is 18.9 Å². The van der Waals surface area contributed by atoms with Gasteiger partial charge in [0.15, 0.2) is 0 Å². The molecule has 0 saturated carbocycles. The molecular formula is C21H30N2O3. The van der Waals surface area contributed by atoms with E-state index in [-0.39, 0.29) is 24.4 Å². The lowest BCUT2D eigenvalue weighted by Crippen LogP contribution is -2.47. The van der Waals surface area contributed by atoms with Crippen LogP contribution in [0.5, 0.6) is 0 Å². The zero-order valence-corrected chi connectivity index (χ0v) is 15.8. The average Bonchev–Trinajstić information content (AvgIpc) is 2.60. The topological polar surface area (TPSA) is 69.6 Å². The van der Waals surface area contributed by atoms with Crippen molar-refractivity contribution >= 4 is 11.9 Å². The molecule has 1 heterocycles. The average molecular weight is 358 g/mol. The lowest BCUT2D eigenvalue weighted by molar-refractivity contribution is -0.145. The Morgan fingerprint density at radius 2 is 1.96 bits per heavy atom. The zero-order chi connectivity index (χ0) is 18.7. The van der Waals surface area contributed by atoms with Crippen LogP contribution in [0.15, 0.2) is 18.2 Å². The number of carboxylic acid groups (broad SMARTS) is 1. The molecule has 1 aromatic carbocycles. The molecule has 5 heteroatoms. The minimum atomic E-state index is -0.760. The Bertz CT molecular complexity index is 673. The molecule has 2 N–H and O–H groups in total. The van der Waals surface area contributed by atoms with Gasteiger partial charge in [-0.25, -0.2) is 0 Å². The second-order valence-electron chi connectivity index (χ2n) is 8.09. The molecule has 142 valence electrons. The molecule has 3 unspecified atom stereocenters. The van der Waals surface area contributed by atoms with Gasteiger partial charge in [0, 0.05) is 13.1 Å². The minimum Gasteiger partial charge on any atom is -0.481 e. The van der Waals surface area contributed by atoms with Gasteiger partial charge in [-0.2, -0.15) is 0 Å². The molecule has 3 rings (SSSR count). The van der Waals surface area contributed by atoms with E-state index in [2.05, 4.69) is 30.4 Å². The lowest BCUT2D eigenvalue weighted by Gasteiger charge is -2.34. The first kappa shape index (κ1) is 18.9. The van der Waals surface area contributed by atoms with E-state index < -0.39 is 5.97 Å². The van der Waals surface area contributed by atoms with Crippen LogP contribution in [0.3, 0.4) is 0 Å². The maximum atomic E-state index is 12.5. The molecule has 3 atom stereocenters. The number of benzene rings is 1. The van der Waals surface area contributed by atoms with Gasteiger partial charge >= 0.3 is 5.97 Å². The van der Waals surface area contributed by atoms with E-state index in [0.717, 1.165) is 24.9 Å². The quantitative estimate of drug-likeness (QED) is 0.849. The summed E-state index contributed by atoms with van der Waals surface area (Å²) < 4.78 is 0. The molecule has 0 bridgehead atoms. The number of piperidine rings is 1. The van der Waals surface area contributed by atoms with Crippen LogP contribution in [-0.2, 0) is 22.4 Å². The van der Waals surface area contributed by atoms with Gasteiger partial charge in [-0.1, -0.05) is 25.1 Å². The fourth-order valence-electron chi connectivity index (χ4n) is 4.37. The van der Waals surface area contributed by atoms with Crippen molar-refractivity contribution in [2.45, 2.75) is 52.0 Å². The molecule has 0 radical (unpaired) electrons. The fourth-order valence-corrected chi connectivity index (χ4v) is 4.37. The molecule has 1 aromatic rings. The summed E-state index contributed by atoms with van der Waals surface area (Å²) in [6.45, 7) is 5.57. The molecule has 1 aliphatic carbocycles. The molecule has 1 amide bonds. The number of hydrogen-bond acceptors (Lipinski definition) is 3. The van der Waals surface area contributed by atoms with E-state index in [4.69, 9.17) is 0 Å². The molecular weight excluding hydrogens is 328 g/mol. The van der Waals surface area contributed by atoms with Gasteiger partial charge < -0.3 is 10.4 Å². The van der Waals surface area contributed by atoms with Crippen LogP contribution in [0.25, 0.3) is 0 Å². The number of likely N-dealkylation sites (tertiary alicyclic amines) is 1. The van der Waals surface area contributed by atoms with Crippen molar-refractivity contribution in [1.82, 2.24) is 10.2 Å². The summed E-state index contributed by atoms with van der Waals surface area (Å²) in [5.41, 5.74) is 4.01. The molecule has 26 heavy (non-hydrogen) atoms. The Kier molecular flexibility index (Phi) is 5.97. The summed E-state index contributed by atoms with van der Waals surface area (Å²) in [4.78, 5) is 25.7. The molecule has 1 fully saturated rings. The Morgan fingerprint density at radius 1 is 1.23 bits per heavy atom. The predicted octanol–water partition coefficient (Wildman–Crippen LogP) is 2.79. The number of nitrogens with one attached hydrogen (secondary N) is 1. The minimum absolute atomic E-state index is 0.0338. The highest BCUT2D eigenvalue weighted by molar-refractivity contribution is 5.78. The monoisotopic (exact) mass is 358 g/mol. The summed E-state index contributed by atoms with van der Waals surface area (Å²) in [6.07, 6.45) is 5.50. The van der Waals surface area contributed by atoms with Gasteiger partial charge in [0.1, 0.15) is 0 Å². The van der Waals surface area contributed by atoms with Gasteiger partial charge in [-0.05, 0) is 61.6 Å². The summed E-state index contributed by atoms with van der Waals surface area (Å²) in [7, 11) is 0. The van der Waals surface area contributed by atoms with E-state index in [1.165, 1.54) is 24.0 Å². The van der Waals surface area contributed by atoms with E-state index in [1.807, 2.05) is 11.8 Å². The number of fused-ring (bicyclic) bond motifs is 1. The number of rotatable bonds is 5. The van der Waals surface area contributed by atoms with Crippen molar-refractivity contribution in [3.05, 3.63) is 34.9 Å². The van der Waals surface area contributed by atoms with Gasteiger partial charge in [-0.3, -0.25) is 14.5 Å². The summed E-state index contributed by atoms with van der Waals surface area (Å²) >= 11 is 0. The highest BCUT2D eigenvalue weighted by Crippen LogP contribution is 2.25. The van der Waals surface area contributed by atoms with Gasteiger partial charge in [0.25, 0.3) is 0 Å². The maximum absolute atomic E-state index is 12.5. The maximum Gasteiger partial charge on any atom is 0.307 e. The first-order chi connectivity index (χ1) is 12.4. The van der Waals surface area contributed by atoms with Gasteiger partial charge in [-0.15, -0.1) is 0 Å². The number of aryl methyl sites for hydroxylation is 2. The Balaban J connectivity index is 1.56. The number of aliphatic carboxylic acids is 1. The van der Waals surface area contributed by atoms with Crippen molar-refractivity contribution in [3.63, 3.8) is 0 Å². The van der Waals surface area contributed by atoms with Crippen LogP contribution in [0.1, 0.15) is 55.8 Å². The largest absolute Gasteiger partial charge is 0.481 e. The Labute approximate surface area is 155 Å². The number of nitrogens with zero attached hydrogens (tertiary/aromatic N) is 1.